The number of pyridine rings is 1. The van der Waals surface area contributed by atoms with Gasteiger partial charge in [0.1, 0.15) is 0 Å². The molecule has 0 radical (unpaired) electrons. The van der Waals surface area contributed by atoms with Crippen LogP contribution in [-0.2, 0) is 16.0 Å². The second kappa shape index (κ2) is 7.23. The van der Waals surface area contributed by atoms with E-state index in [2.05, 4.69) is 25.8 Å². The summed E-state index contributed by atoms with van der Waals surface area (Å²) in [5.74, 6) is 0.151. The summed E-state index contributed by atoms with van der Waals surface area (Å²) in [5.41, 5.74) is 0.986. The summed E-state index contributed by atoms with van der Waals surface area (Å²) in [5, 5.41) is 0. The van der Waals surface area contributed by atoms with Gasteiger partial charge in [0.15, 0.2) is 0 Å². The molecule has 4 heteroatoms. The molecule has 4 nitrogen and oxygen atoms in total. The van der Waals surface area contributed by atoms with E-state index in [9.17, 15) is 4.79 Å². The van der Waals surface area contributed by atoms with Crippen molar-refractivity contribution >= 4 is 5.91 Å². The van der Waals surface area contributed by atoms with Gasteiger partial charge in [0.05, 0.1) is 12.5 Å². The quantitative estimate of drug-likeness (QED) is 0.727. The van der Waals surface area contributed by atoms with E-state index in [1.54, 1.807) is 12.4 Å². The Morgan fingerprint density at radius 3 is 2.86 bits per heavy atom. The molecule has 0 aliphatic heterocycles. The number of amides is 1. The van der Waals surface area contributed by atoms with Crippen molar-refractivity contribution < 1.29 is 9.53 Å². The van der Waals surface area contributed by atoms with Crippen LogP contribution in [0.25, 0.3) is 0 Å². The van der Waals surface area contributed by atoms with Gasteiger partial charge in [-0.15, -0.1) is 0 Å². The maximum atomic E-state index is 12.5. The third-order valence-corrected chi connectivity index (χ3v) is 4.88. The molecule has 1 aromatic heterocycles. The number of aromatic nitrogens is 1. The highest BCUT2D eigenvalue weighted by Crippen LogP contribution is 2.45. The second-order valence-corrected chi connectivity index (χ2v) is 6.83. The topological polar surface area (TPSA) is 42.4 Å². The fraction of sp³-hybridized carbons (Fsp3) is 0.667. The third-order valence-electron chi connectivity index (χ3n) is 4.88. The predicted octanol–water partition coefficient (Wildman–Crippen LogP) is 3.07. The molecule has 0 unspecified atom stereocenters. The third kappa shape index (κ3) is 3.67. The van der Waals surface area contributed by atoms with Crippen molar-refractivity contribution in [3.63, 3.8) is 0 Å². The van der Waals surface area contributed by atoms with Crippen LogP contribution >= 0.6 is 0 Å². The Labute approximate surface area is 133 Å². The molecule has 0 saturated heterocycles. The van der Waals surface area contributed by atoms with Crippen LogP contribution in [0.4, 0.5) is 0 Å². The standard InChI is InChI=1S/C18H28N2O2/c1-5-6-10-22-16-12-15(18(16,2)3)20(4)17(21)11-14-8-7-9-19-13-14/h7-9,13,15-16H,5-6,10-12H2,1-4H3/t15-,16+/m0/s1. The smallest absolute Gasteiger partial charge is 0.227 e. The zero-order valence-electron chi connectivity index (χ0n) is 14.2. The van der Waals surface area contributed by atoms with Gasteiger partial charge < -0.3 is 9.64 Å². The lowest BCUT2D eigenvalue weighted by atomic mass is 9.63. The first-order valence-corrected chi connectivity index (χ1v) is 8.23. The van der Waals surface area contributed by atoms with Gasteiger partial charge in [-0.3, -0.25) is 9.78 Å². The first kappa shape index (κ1) is 16.9. The molecule has 22 heavy (non-hydrogen) atoms. The lowest BCUT2D eigenvalue weighted by Gasteiger charge is -2.55. The number of likely N-dealkylation sites (N-methyl/N-ethyl adjacent to an activating group) is 1. The van der Waals surface area contributed by atoms with Crippen LogP contribution in [-0.4, -0.2) is 41.6 Å². The van der Waals surface area contributed by atoms with E-state index in [1.165, 1.54) is 0 Å². The van der Waals surface area contributed by atoms with Gasteiger partial charge in [-0.05, 0) is 24.5 Å². The van der Waals surface area contributed by atoms with Crippen LogP contribution in [0.15, 0.2) is 24.5 Å². The molecule has 122 valence electrons. The number of carbonyl (C=O) groups excluding carboxylic acids is 1. The highest BCUT2D eigenvalue weighted by molar-refractivity contribution is 5.79. The average Bonchev–Trinajstić information content (AvgIpc) is 2.50. The summed E-state index contributed by atoms with van der Waals surface area (Å²) in [7, 11) is 1.91. The van der Waals surface area contributed by atoms with E-state index < -0.39 is 0 Å². The minimum atomic E-state index is 0.0209. The summed E-state index contributed by atoms with van der Waals surface area (Å²) < 4.78 is 5.96. The minimum absolute atomic E-state index is 0.0209. The monoisotopic (exact) mass is 304 g/mol. The lowest BCUT2D eigenvalue weighted by Crippen LogP contribution is -2.62. The second-order valence-electron chi connectivity index (χ2n) is 6.83. The van der Waals surface area contributed by atoms with Gasteiger partial charge in [0.25, 0.3) is 0 Å². The molecule has 2 rings (SSSR count). The van der Waals surface area contributed by atoms with Crippen LogP contribution in [0, 0.1) is 5.41 Å². The van der Waals surface area contributed by atoms with E-state index in [0.29, 0.717) is 6.42 Å². The molecule has 0 aromatic carbocycles. The number of rotatable bonds is 7. The van der Waals surface area contributed by atoms with E-state index in [1.807, 2.05) is 24.1 Å². The summed E-state index contributed by atoms with van der Waals surface area (Å²) in [6.45, 7) is 7.39. The predicted molar refractivity (Wildman–Crippen MR) is 87.5 cm³/mol. The number of hydrogen-bond donors (Lipinski definition) is 0. The molecule has 1 heterocycles. The van der Waals surface area contributed by atoms with Gasteiger partial charge in [0.2, 0.25) is 5.91 Å². The van der Waals surface area contributed by atoms with Crippen molar-refractivity contribution in [2.45, 2.75) is 58.6 Å². The van der Waals surface area contributed by atoms with Crippen molar-refractivity contribution in [2.24, 2.45) is 5.41 Å². The van der Waals surface area contributed by atoms with Crippen LogP contribution < -0.4 is 0 Å². The van der Waals surface area contributed by atoms with Gasteiger partial charge in [-0.2, -0.15) is 0 Å². The Morgan fingerprint density at radius 2 is 2.27 bits per heavy atom. The molecular formula is C18H28N2O2. The fourth-order valence-corrected chi connectivity index (χ4v) is 3.15. The molecule has 0 spiro atoms. The largest absolute Gasteiger partial charge is 0.378 e. The summed E-state index contributed by atoms with van der Waals surface area (Å²) in [6.07, 6.45) is 7.36. The first-order chi connectivity index (χ1) is 10.5. The summed E-state index contributed by atoms with van der Waals surface area (Å²) in [6, 6.07) is 4.07. The summed E-state index contributed by atoms with van der Waals surface area (Å²) >= 11 is 0. The number of ether oxygens (including phenoxy) is 1. The summed E-state index contributed by atoms with van der Waals surface area (Å²) in [4.78, 5) is 18.4. The number of hydrogen-bond acceptors (Lipinski definition) is 3. The van der Waals surface area contributed by atoms with E-state index in [4.69, 9.17) is 4.74 Å². The van der Waals surface area contributed by atoms with Gasteiger partial charge in [-0.25, -0.2) is 0 Å². The van der Waals surface area contributed by atoms with E-state index in [-0.39, 0.29) is 23.5 Å². The SMILES string of the molecule is CCCCO[C@@H]1C[C@H](N(C)C(=O)Cc2cccnc2)C1(C)C. The molecule has 0 bridgehead atoms. The molecule has 1 aromatic rings. The van der Waals surface area contributed by atoms with Gasteiger partial charge in [-0.1, -0.05) is 33.3 Å². The Kier molecular flexibility index (Phi) is 5.57. The molecule has 1 fully saturated rings. The Bertz CT molecular complexity index is 487. The Morgan fingerprint density at radius 1 is 1.50 bits per heavy atom. The zero-order chi connectivity index (χ0) is 16.2. The first-order valence-electron chi connectivity index (χ1n) is 8.23. The number of nitrogens with zero attached hydrogens (tertiary/aromatic N) is 2. The zero-order valence-corrected chi connectivity index (χ0v) is 14.2. The normalized spacial score (nSPS) is 22.9. The molecule has 1 aliphatic rings. The molecule has 1 saturated carbocycles. The molecule has 0 N–H and O–H groups in total. The maximum Gasteiger partial charge on any atom is 0.227 e. The van der Waals surface area contributed by atoms with E-state index in [0.717, 1.165) is 31.4 Å². The Balaban J connectivity index is 1.88. The van der Waals surface area contributed by atoms with Crippen LogP contribution in [0.1, 0.15) is 45.6 Å². The molecular weight excluding hydrogens is 276 g/mol. The van der Waals surface area contributed by atoms with Gasteiger partial charge in [0, 0.05) is 37.5 Å². The molecule has 1 aliphatic carbocycles. The minimum Gasteiger partial charge on any atom is -0.378 e. The number of unbranched alkanes of at least 4 members (excludes halogenated alkanes) is 1. The van der Waals surface area contributed by atoms with Crippen LogP contribution in [0.5, 0.6) is 0 Å². The van der Waals surface area contributed by atoms with E-state index >= 15 is 0 Å². The molecule has 2 atom stereocenters. The highest BCUT2D eigenvalue weighted by Gasteiger charge is 2.51. The highest BCUT2D eigenvalue weighted by atomic mass is 16.5. The van der Waals surface area contributed by atoms with Crippen molar-refractivity contribution in [2.75, 3.05) is 13.7 Å². The van der Waals surface area contributed by atoms with Crippen LogP contribution in [0.2, 0.25) is 0 Å². The number of carbonyl (C=O) groups is 1. The van der Waals surface area contributed by atoms with Crippen molar-refractivity contribution in [3.8, 4) is 0 Å². The Hall–Kier alpha value is -1.42. The fourth-order valence-electron chi connectivity index (χ4n) is 3.15. The average molecular weight is 304 g/mol. The van der Waals surface area contributed by atoms with Crippen LogP contribution in [0.3, 0.4) is 0 Å². The lowest BCUT2D eigenvalue weighted by molar-refractivity contribution is -0.164. The maximum absolute atomic E-state index is 12.5. The van der Waals surface area contributed by atoms with Gasteiger partial charge >= 0.3 is 0 Å². The van der Waals surface area contributed by atoms with Crippen molar-refractivity contribution in [1.82, 2.24) is 9.88 Å². The molecule has 1 amide bonds. The van der Waals surface area contributed by atoms with Crippen molar-refractivity contribution in [1.29, 1.82) is 0 Å². The van der Waals surface area contributed by atoms with Crippen molar-refractivity contribution in [3.05, 3.63) is 30.1 Å².